The van der Waals surface area contributed by atoms with Gasteiger partial charge in [-0.3, -0.25) is 9.36 Å². The molecule has 0 radical (unpaired) electrons. The van der Waals surface area contributed by atoms with Gasteiger partial charge in [-0.05, 0) is 55.0 Å². The van der Waals surface area contributed by atoms with Gasteiger partial charge in [0.1, 0.15) is 12.7 Å². The summed E-state index contributed by atoms with van der Waals surface area (Å²) in [5.74, 6) is 0.284. The molecule has 1 saturated heterocycles. The first-order chi connectivity index (χ1) is 13.7. The topological polar surface area (TPSA) is 71.2 Å². The Hall–Kier alpha value is -2.99. The Morgan fingerprint density at radius 1 is 1.00 bits per heavy atom. The van der Waals surface area contributed by atoms with Crippen molar-refractivity contribution in [1.29, 1.82) is 0 Å². The Morgan fingerprint density at radius 2 is 1.64 bits per heavy atom. The van der Waals surface area contributed by atoms with E-state index in [1.165, 1.54) is 0 Å². The van der Waals surface area contributed by atoms with E-state index in [-0.39, 0.29) is 17.9 Å². The standard InChI is InChI=1S/C22H24N4O2/c27-21(14-17-4-2-1-3-5-17)18-10-12-25(13-11-18)22(28)19-6-8-20(9-7-19)26-15-23-24-16-26/h1-9,15-16,18,21,27H,10-14H2. The summed E-state index contributed by atoms with van der Waals surface area (Å²) in [6, 6.07) is 17.5. The first kappa shape index (κ1) is 18.4. The van der Waals surface area contributed by atoms with Gasteiger partial charge in [-0.1, -0.05) is 30.3 Å². The normalized spacial score (nSPS) is 16.1. The van der Waals surface area contributed by atoms with Crippen LogP contribution in [0.4, 0.5) is 0 Å². The van der Waals surface area contributed by atoms with Gasteiger partial charge in [-0.2, -0.15) is 0 Å². The third kappa shape index (κ3) is 4.12. The molecule has 1 aromatic heterocycles. The second-order valence-corrected chi connectivity index (χ2v) is 7.30. The molecule has 0 aliphatic carbocycles. The molecule has 144 valence electrons. The SMILES string of the molecule is O=C(c1ccc(-n2cnnc2)cc1)N1CCC(C(O)Cc2ccccc2)CC1. The van der Waals surface area contributed by atoms with Gasteiger partial charge in [-0.15, -0.1) is 10.2 Å². The highest BCUT2D eigenvalue weighted by molar-refractivity contribution is 5.94. The van der Waals surface area contributed by atoms with Gasteiger partial charge in [0, 0.05) is 24.3 Å². The summed E-state index contributed by atoms with van der Waals surface area (Å²) in [7, 11) is 0. The number of aliphatic hydroxyl groups excluding tert-OH is 1. The van der Waals surface area contributed by atoms with E-state index in [0.717, 1.165) is 24.1 Å². The van der Waals surface area contributed by atoms with Crippen molar-refractivity contribution in [3.63, 3.8) is 0 Å². The highest BCUT2D eigenvalue weighted by Crippen LogP contribution is 2.24. The number of hydrogen-bond donors (Lipinski definition) is 1. The number of likely N-dealkylation sites (tertiary alicyclic amines) is 1. The number of benzene rings is 2. The molecule has 1 atom stereocenters. The van der Waals surface area contributed by atoms with E-state index in [9.17, 15) is 9.90 Å². The Kier molecular flexibility index (Phi) is 5.48. The van der Waals surface area contributed by atoms with E-state index < -0.39 is 0 Å². The molecule has 28 heavy (non-hydrogen) atoms. The Labute approximate surface area is 164 Å². The van der Waals surface area contributed by atoms with E-state index in [1.807, 2.05) is 59.5 Å². The van der Waals surface area contributed by atoms with Crippen molar-refractivity contribution < 1.29 is 9.90 Å². The Bertz CT molecular complexity index is 886. The first-order valence-electron chi connectivity index (χ1n) is 9.67. The summed E-state index contributed by atoms with van der Waals surface area (Å²) in [5, 5.41) is 18.2. The van der Waals surface area contributed by atoms with Crippen LogP contribution in [0, 0.1) is 5.92 Å². The number of aliphatic hydroxyl groups is 1. The summed E-state index contributed by atoms with van der Waals surface area (Å²) in [4.78, 5) is 14.7. The Balaban J connectivity index is 1.32. The molecule has 1 fully saturated rings. The zero-order chi connectivity index (χ0) is 19.3. The summed E-state index contributed by atoms with van der Waals surface area (Å²) >= 11 is 0. The second kappa shape index (κ2) is 8.35. The Morgan fingerprint density at radius 3 is 2.29 bits per heavy atom. The quantitative estimate of drug-likeness (QED) is 0.743. The molecular formula is C22H24N4O2. The molecule has 0 bridgehead atoms. The minimum atomic E-state index is -0.359. The van der Waals surface area contributed by atoms with Gasteiger partial charge in [0.15, 0.2) is 0 Å². The zero-order valence-electron chi connectivity index (χ0n) is 15.7. The number of hydrogen-bond acceptors (Lipinski definition) is 4. The number of carbonyl (C=O) groups excluding carboxylic acids is 1. The van der Waals surface area contributed by atoms with Gasteiger partial charge < -0.3 is 10.0 Å². The molecular weight excluding hydrogens is 352 g/mol. The first-order valence-corrected chi connectivity index (χ1v) is 9.67. The smallest absolute Gasteiger partial charge is 0.253 e. The van der Waals surface area contributed by atoms with Crippen LogP contribution in [0.1, 0.15) is 28.8 Å². The van der Waals surface area contributed by atoms with Crippen molar-refractivity contribution in [2.75, 3.05) is 13.1 Å². The van der Waals surface area contributed by atoms with Gasteiger partial charge in [0.25, 0.3) is 5.91 Å². The van der Waals surface area contributed by atoms with Crippen LogP contribution in [0.25, 0.3) is 5.69 Å². The summed E-state index contributed by atoms with van der Waals surface area (Å²) in [6.45, 7) is 1.37. The van der Waals surface area contributed by atoms with Crippen LogP contribution in [-0.4, -0.2) is 49.9 Å². The van der Waals surface area contributed by atoms with Crippen molar-refractivity contribution in [3.8, 4) is 5.69 Å². The number of aromatic nitrogens is 3. The van der Waals surface area contributed by atoms with Gasteiger partial charge in [-0.25, -0.2) is 0 Å². The molecule has 1 aliphatic rings. The van der Waals surface area contributed by atoms with Crippen LogP contribution in [0.15, 0.2) is 67.3 Å². The molecule has 4 rings (SSSR count). The molecule has 1 unspecified atom stereocenters. The van der Waals surface area contributed by atoms with E-state index in [0.29, 0.717) is 25.1 Å². The van der Waals surface area contributed by atoms with E-state index in [1.54, 1.807) is 17.2 Å². The summed E-state index contributed by atoms with van der Waals surface area (Å²) in [6.07, 6.45) is 5.23. The van der Waals surface area contributed by atoms with Crippen LogP contribution in [0.3, 0.4) is 0 Å². The average molecular weight is 376 g/mol. The minimum Gasteiger partial charge on any atom is -0.392 e. The molecule has 1 N–H and O–H groups in total. The van der Waals surface area contributed by atoms with Crippen molar-refractivity contribution >= 4 is 5.91 Å². The monoisotopic (exact) mass is 376 g/mol. The fraction of sp³-hybridized carbons (Fsp3) is 0.318. The predicted octanol–water partition coefficient (Wildman–Crippen LogP) is 2.72. The molecule has 0 saturated carbocycles. The van der Waals surface area contributed by atoms with Crippen molar-refractivity contribution in [1.82, 2.24) is 19.7 Å². The molecule has 6 nitrogen and oxygen atoms in total. The molecule has 2 heterocycles. The van der Waals surface area contributed by atoms with Gasteiger partial charge in [0.2, 0.25) is 0 Å². The van der Waals surface area contributed by atoms with E-state index in [4.69, 9.17) is 0 Å². The molecule has 1 amide bonds. The fourth-order valence-corrected chi connectivity index (χ4v) is 3.80. The number of rotatable bonds is 5. The molecule has 0 spiro atoms. The zero-order valence-corrected chi connectivity index (χ0v) is 15.7. The lowest BCUT2D eigenvalue weighted by Crippen LogP contribution is -2.41. The van der Waals surface area contributed by atoms with Crippen molar-refractivity contribution in [3.05, 3.63) is 78.4 Å². The largest absolute Gasteiger partial charge is 0.392 e. The highest BCUT2D eigenvalue weighted by Gasteiger charge is 2.28. The molecule has 1 aliphatic heterocycles. The second-order valence-electron chi connectivity index (χ2n) is 7.30. The number of amides is 1. The van der Waals surface area contributed by atoms with Gasteiger partial charge in [0.05, 0.1) is 6.10 Å². The molecule has 2 aromatic carbocycles. The van der Waals surface area contributed by atoms with E-state index >= 15 is 0 Å². The third-order valence-corrected chi connectivity index (χ3v) is 5.49. The molecule has 6 heteroatoms. The summed E-state index contributed by atoms with van der Waals surface area (Å²) in [5.41, 5.74) is 2.76. The fourth-order valence-electron chi connectivity index (χ4n) is 3.80. The van der Waals surface area contributed by atoms with Crippen LogP contribution in [-0.2, 0) is 6.42 Å². The van der Waals surface area contributed by atoms with Crippen LogP contribution in [0.5, 0.6) is 0 Å². The summed E-state index contributed by atoms with van der Waals surface area (Å²) < 4.78 is 1.80. The maximum Gasteiger partial charge on any atom is 0.253 e. The predicted molar refractivity (Wildman–Crippen MR) is 106 cm³/mol. The number of piperidine rings is 1. The maximum atomic E-state index is 12.8. The van der Waals surface area contributed by atoms with Crippen molar-refractivity contribution in [2.45, 2.75) is 25.4 Å². The number of nitrogens with zero attached hydrogens (tertiary/aromatic N) is 4. The van der Waals surface area contributed by atoms with Crippen LogP contribution in [0.2, 0.25) is 0 Å². The third-order valence-electron chi connectivity index (χ3n) is 5.49. The van der Waals surface area contributed by atoms with Crippen LogP contribution < -0.4 is 0 Å². The highest BCUT2D eigenvalue weighted by atomic mass is 16.3. The van der Waals surface area contributed by atoms with Crippen LogP contribution >= 0.6 is 0 Å². The number of carbonyl (C=O) groups is 1. The lowest BCUT2D eigenvalue weighted by Gasteiger charge is -2.34. The maximum absolute atomic E-state index is 12.8. The van der Waals surface area contributed by atoms with E-state index in [2.05, 4.69) is 10.2 Å². The molecule has 3 aromatic rings. The van der Waals surface area contributed by atoms with Gasteiger partial charge >= 0.3 is 0 Å². The van der Waals surface area contributed by atoms with Crippen molar-refractivity contribution in [2.24, 2.45) is 5.92 Å². The lowest BCUT2D eigenvalue weighted by molar-refractivity contribution is 0.0467. The minimum absolute atomic E-state index is 0.0475. The lowest BCUT2D eigenvalue weighted by atomic mass is 9.87. The average Bonchev–Trinajstić information content (AvgIpc) is 3.29.